The number of anilines is 1. The van der Waals surface area contributed by atoms with Crippen LogP contribution in [0.2, 0.25) is 0 Å². The molecule has 0 aliphatic heterocycles. The van der Waals surface area contributed by atoms with Crippen molar-refractivity contribution in [2.24, 2.45) is 0 Å². The van der Waals surface area contributed by atoms with Crippen molar-refractivity contribution in [2.75, 3.05) is 5.73 Å². The van der Waals surface area contributed by atoms with Crippen molar-refractivity contribution in [3.8, 4) is 0 Å². The Morgan fingerprint density at radius 1 is 1.56 bits per heavy atom. The van der Waals surface area contributed by atoms with Crippen molar-refractivity contribution >= 4 is 15.8 Å². The van der Waals surface area contributed by atoms with Crippen LogP contribution in [0.3, 0.4) is 0 Å². The summed E-state index contributed by atoms with van der Waals surface area (Å²) in [4.78, 5) is -0.0381. The minimum atomic E-state index is -3.70. The van der Waals surface area contributed by atoms with Crippen LogP contribution in [0.1, 0.15) is 12.7 Å². The lowest BCUT2D eigenvalue weighted by molar-refractivity contribution is 0.380. The smallest absolute Gasteiger partial charge is 0.246 e. The summed E-state index contributed by atoms with van der Waals surface area (Å²) in [6.45, 7) is 2.39. The Bertz CT molecular complexity index is 617. The molecule has 0 unspecified atom stereocenters. The number of nitrogens with zero attached hydrogens (tertiary/aromatic N) is 3. The maximum atomic E-state index is 12.0. The standard InChI is InChI=1S/C9H13N5O3S/c1-2-14-6-8(9(10)13-14)18(15,16)12-5-7-3-4-11-17-7/h3-4,6,12H,2,5H2,1H3,(H2,10,13). The maximum absolute atomic E-state index is 12.0. The molecule has 2 rings (SSSR count). The summed E-state index contributed by atoms with van der Waals surface area (Å²) in [5.74, 6) is 0.391. The van der Waals surface area contributed by atoms with Gasteiger partial charge in [-0.15, -0.1) is 0 Å². The van der Waals surface area contributed by atoms with Crippen LogP contribution in [0, 0.1) is 0 Å². The molecule has 98 valence electrons. The summed E-state index contributed by atoms with van der Waals surface area (Å²) in [6, 6.07) is 1.57. The van der Waals surface area contributed by atoms with Gasteiger partial charge in [0.05, 0.1) is 12.7 Å². The lowest BCUT2D eigenvalue weighted by Crippen LogP contribution is -2.23. The van der Waals surface area contributed by atoms with E-state index in [4.69, 9.17) is 10.3 Å². The predicted octanol–water partition coefficient (Wildman–Crippen LogP) is -0.0483. The number of hydrogen-bond acceptors (Lipinski definition) is 6. The Hall–Kier alpha value is -1.87. The first-order valence-electron chi connectivity index (χ1n) is 5.25. The van der Waals surface area contributed by atoms with Crippen molar-refractivity contribution in [1.82, 2.24) is 19.7 Å². The zero-order chi connectivity index (χ0) is 13.2. The average Bonchev–Trinajstić information content (AvgIpc) is 2.95. The molecule has 2 heterocycles. The molecule has 8 nitrogen and oxygen atoms in total. The van der Waals surface area contributed by atoms with Crippen LogP contribution >= 0.6 is 0 Å². The number of nitrogen functional groups attached to an aromatic ring is 1. The molecule has 3 N–H and O–H groups in total. The molecule has 18 heavy (non-hydrogen) atoms. The molecule has 0 saturated heterocycles. The Balaban J connectivity index is 2.17. The quantitative estimate of drug-likeness (QED) is 0.787. The van der Waals surface area contributed by atoms with Gasteiger partial charge >= 0.3 is 0 Å². The first-order chi connectivity index (χ1) is 8.53. The third-order valence-corrected chi connectivity index (χ3v) is 3.71. The van der Waals surface area contributed by atoms with Crippen molar-refractivity contribution in [2.45, 2.75) is 24.9 Å². The van der Waals surface area contributed by atoms with Crippen LogP contribution < -0.4 is 10.5 Å². The fraction of sp³-hybridized carbons (Fsp3) is 0.333. The molecular formula is C9H13N5O3S. The number of aryl methyl sites for hydroxylation is 1. The molecule has 0 atom stereocenters. The van der Waals surface area contributed by atoms with Gasteiger partial charge in [-0.3, -0.25) is 4.68 Å². The molecular weight excluding hydrogens is 258 g/mol. The Labute approximate surface area is 104 Å². The summed E-state index contributed by atoms with van der Waals surface area (Å²) in [5.41, 5.74) is 5.57. The molecule has 0 bridgehead atoms. The SMILES string of the molecule is CCn1cc(S(=O)(=O)NCc2ccno2)c(N)n1. The zero-order valence-electron chi connectivity index (χ0n) is 9.70. The molecule has 0 amide bonds. The highest BCUT2D eigenvalue weighted by Gasteiger charge is 2.21. The van der Waals surface area contributed by atoms with Gasteiger partial charge in [0.25, 0.3) is 0 Å². The lowest BCUT2D eigenvalue weighted by atomic mass is 10.5. The van der Waals surface area contributed by atoms with Crippen LogP contribution in [-0.4, -0.2) is 23.4 Å². The fourth-order valence-electron chi connectivity index (χ4n) is 1.36. The molecule has 0 spiro atoms. The van der Waals surface area contributed by atoms with Gasteiger partial charge in [0.1, 0.15) is 4.90 Å². The van der Waals surface area contributed by atoms with Crippen LogP contribution in [0.4, 0.5) is 5.82 Å². The van der Waals surface area contributed by atoms with Crippen LogP contribution in [0.15, 0.2) is 27.9 Å². The summed E-state index contributed by atoms with van der Waals surface area (Å²) in [7, 11) is -3.70. The summed E-state index contributed by atoms with van der Waals surface area (Å²) < 4.78 is 32.6. The van der Waals surface area contributed by atoms with Crippen LogP contribution in [-0.2, 0) is 23.1 Å². The highest BCUT2D eigenvalue weighted by Crippen LogP contribution is 2.16. The highest BCUT2D eigenvalue weighted by molar-refractivity contribution is 7.89. The average molecular weight is 271 g/mol. The molecule has 9 heteroatoms. The van der Waals surface area contributed by atoms with E-state index in [2.05, 4.69) is 15.0 Å². The largest absolute Gasteiger partial charge is 0.381 e. The van der Waals surface area contributed by atoms with E-state index in [1.54, 1.807) is 6.07 Å². The first-order valence-corrected chi connectivity index (χ1v) is 6.73. The molecule has 0 aliphatic rings. The normalized spacial score (nSPS) is 11.8. The number of nitrogens with two attached hydrogens (primary N) is 1. The minimum absolute atomic E-state index is 0.0130. The van der Waals surface area contributed by atoms with E-state index in [-0.39, 0.29) is 17.3 Å². The number of aromatic nitrogens is 3. The van der Waals surface area contributed by atoms with Gasteiger partial charge in [-0.25, -0.2) is 13.1 Å². The van der Waals surface area contributed by atoms with Gasteiger partial charge < -0.3 is 10.3 Å². The number of rotatable bonds is 5. The Morgan fingerprint density at radius 2 is 2.33 bits per heavy atom. The van der Waals surface area contributed by atoms with E-state index in [1.807, 2.05) is 6.92 Å². The number of hydrogen-bond donors (Lipinski definition) is 2. The predicted molar refractivity (Wildman–Crippen MR) is 62.8 cm³/mol. The minimum Gasteiger partial charge on any atom is -0.381 e. The number of sulfonamides is 1. The third kappa shape index (κ3) is 2.51. The van der Waals surface area contributed by atoms with E-state index in [0.29, 0.717) is 12.3 Å². The monoisotopic (exact) mass is 271 g/mol. The lowest BCUT2D eigenvalue weighted by Gasteiger charge is -2.02. The van der Waals surface area contributed by atoms with Gasteiger partial charge in [-0.05, 0) is 6.92 Å². The van der Waals surface area contributed by atoms with Gasteiger partial charge in [-0.2, -0.15) is 5.10 Å². The summed E-state index contributed by atoms with van der Waals surface area (Å²) >= 11 is 0. The molecule has 0 aliphatic carbocycles. The molecule has 2 aromatic rings. The fourth-order valence-corrected chi connectivity index (χ4v) is 2.43. The van der Waals surface area contributed by atoms with Gasteiger partial charge in [-0.1, -0.05) is 5.16 Å². The van der Waals surface area contributed by atoms with E-state index in [1.165, 1.54) is 17.1 Å². The molecule has 2 aromatic heterocycles. The molecule has 0 radical (unpaired) electrons. The second-order valence-corrected chi connectivity index (χ2v) is 5.27. The van der Waals surface area contributed by atoms with Crippen molar-refractivity contribution < 1.29 is 12.9 Å². The third-order valence-electron chi connectivity index (χ3n) is 2.30. The van der Waals surface area contributed by atoms with E-state index >= 15 is 0 Å². The molecule has 0 fully saturated rings. The van der Waals surface area contributed by atoms with Crippen LogP contribution in [0.25, 0.3) is 0 Å². The summed E-state index contributed by atoms with van der Waals surface area (Å²) in [6.07, 6.45) is 2.82. The van der Waals surface area contributed by atoms with Gasteiger partial charge in [0.15, 0.2) is 11.6 Å². The van der Waals surface area contributed by atoms with Gasteiger partial charge in [0, 0.05) is 18.8 Å². The molecule has 0 saturated carbocycles. The van der Waals surface area contributed by atoms with Crippen molar-refractivity contribution in [3.63, 3.8) is 0 Å². The molecule has 0 aromatic carbocycles. The van der Waals surface area contributed by atoms with E-state index in [0.717, 1.165) is 0 Å². The Kier molecular flexibility index (Phi) is 3.34. The van der Waals surface area contributed by atoms with E-state index < -0.39 is 10.0 Å². The van der Waals surface area contributed by atoms with Crippen LogP contribution in [0.5, 0.6) is 0 Å². The Morgan fingerprint density at radius 3 is 2.89 bits per heavy atom. The number of nitrogens with one attached hydrogen (secondary N) is 1. The topological polar surface area (TPSA) is 116 Å². The highest BCUT2D eigenvalue weighted by atomic mass is 32.2. The first kappa shape index (κ1) is 12.6. The second-order valence-electron chi connectivity index (χ2n) is 3.54. The van der Waals surface area contributed by atoms with Crippen molar-refractivity contribution in [1.29, 1.82) is 0 Å². The van der Waals surface area contributed by atoms with E-state index in [9.17, 15) is 8.42 Å². The maximum Gasteiger partial charge on any atom is 0.246 e. The van der Waals surface area contributed by atoms with Gasteiger partial charge in [0.2, 0.25) is 10.0 Å². The summed E-state index contributed by atoms with van der Waals surface area (Å²) in [5, 5.41) is 7.36. The second kappa shape index (κ2) is 4.78. The zero-order valence-corrected chi connectivity index (χ0v) is 10.5. The van der Waals surface area contributed by atoms with Crippen molar-refractivity contribution in [3.05, 3.63) is 24.2 Å².